The standard InChI is InChI=1S/C21H28N8O/c30-21-6-5-20(28-9-3-7-22-28)24-29(21)15-14-25-10-12-26(13-11-25)16-18-17-27-8-2-1-4-19(27)23-18/h3,5-7,9,17H,1-2,4,8,10-16H2. The average molecular weight is 409 g/mol. The molecule has 0 atom stereocenters. The van der Waals surface area contributed by atoms with Gasteiger partial charge in [-0.2, -0.15) is 5.10 Å². The van der Waals surface area contributed by atoms with Crippen LogP contribution in [-0.4, -0.2) is 71.6 Å². The molecular weight excluding hydrogens is 380 g/mol. The lowest BCUT2D eigenvalue weighted by molar-refractivity contribution is 0.121. The summed E-state index contributed by atoms with van der Waals surface area (Å²) in [5.41, 5.74) is 1.12. The maximum absolute atomic E-state index is 12.2. The summed E-state index contributed by atoms with van der Waals surface area (Å²) in [6.45, 7) is 7.51. The quantitative estimate of drug-likeness (QED) is 0.600. The van der Waals surface area contributed by atoms with Gasteiger partial charge in [-0.1, -0.05) is 0 Å². The monoisotopic (exact) mass is 408 g/mol. The third kappa shape index (κ3) is 4.22. The molecule has 1 fully saturated rings. The van der Waals surface area contributed by atoms with Crippen LogP contribution in [0, 0.1) is 0 Å². The molecule has 2 aliphatic heterocycles. The van der Waals surface area contributed by atoms with Crippen LogP contribution in [0.4, 0.5) is 0 Å². The highest BCUT2D eigenvalue weighted by molar-refractivity contribution is 5.17. The Morgan fingerprint density at radius 2 is 1.83 bits per heavy atom. The molecular formula is C21H28N8O. The lowest BCUT2D eigenvalue weighted by Gasteiger charge is -2.34. The minimum absolute atomic E-state index is 0.0757. The molecule has 0 unspecified atom stereocenters. The first-order valence-electron chi connectivity index (χ1n) is 10.8. The van der Waals surface area contributed by atoms with Crippen molar-refractivity contribution in [1.29, 1.82) is 0 Å². The number of nitrogens with zero attached hydrogens (tertiary/aromatic N) is 8. The zero-order valence-electron chi connectivity index (χ0n) is 17.2. The van der Waals surface area contributed by atoms with E-state index in [1.807, 2.05) is 12.3 Å². The molecule has 0 saturated carbocycles. The van der Waals surface area contributed by atoms with E-state index in [1.165, 1.54) is 24.4 Å². The Balaban J connectivity index is 1.13. The zero-order valence-corrected chi connectivity index (χ0v) is 17.2. The molecule has 158 valence electrons. The van der Waals surface area contributed by atoms with Gasteiger partial charge in [-0.25, -0.2) is 14.3 Å². The van der Waals surface area contributed by atoms with E-state index in [2.05, 4.69) is 30.8 Å². The first-order chi connectivity index (χ1) is 14.7. The fourth-order valence-electron chi connectivity index (χ4n) is 4.31. The van der Waals surface area contributed by atoms with Crippen LogP contribution in [0.25, 0.3) is 5.82 Å². The van der Waals surface area contributed by atoms with E-state index in [9.17, 15) is 4.79 Å². The Bertz CT molecular complexity index is 1010. The minimum atomic E-state index is -0.0757. The third-order valence-electron chi connectivity index (χ3n) is 6.03. The van der Waals surface area contributed by atoms with E-state index in [1.54, 1.807) is 27.7 Å². The minimum Gasteiger partial charge on any atom is -0.335 e. The lowest BCUT2D eigenvalue weighted by atomic mass is 10.2. The fraction of sp³-hybridized carbons (Fsp3) is 0.524. The van der Waals surface area contributed by atoms with Crippen molar-refractivity contribution in [3.63, 3.8) is 0 Å². The highest BCUT2D eigenvalue weighted by Gasteiger charge is 2.19. The van der Waals surface area contributed by atoms with E-state index in [4.69, 9.17) is 4.98 Å². The van der Waals surface area contributed by atoms with Gasteiger partial charge in [-0.15, -0.1) is 5.10 Å². The van der Waals surface area contributed by atoms with Gasteiger partial charge in [0, 0.05) is 76.9 Å². The Hall–Kier alpha value is -2.78. The van der Waals surface area contributed by atoms with Crippen molar-refractivity contribution in [3.05, 3.63) is 58.7 Å². The largest absolute Gasteiger partial charge is 0.335 e. The summed E-state index contributed by atoms with van der Waals surface area (Å²) in [4.78, 5) is 21.9. The van der Waals surface area contributed by atoms with Gasteiger partial charge in [0.2, 0.25) is 0 Å². The molecule has 9 nitrogen and oxygen atoms in total. The van der Waals surface area contributed by atoms with E-state index in [-0.39, 0.29) is 5.56 Å². The first-order valence-corrected chi connectivity index (χ1v) is 10.8. The number of piperazine rings is 1. The molecule has 0 radical (unpaired) electrons. The Morgan fingerprint density at radius 1 is 0.967 bits per heavy atom. The van der Waals surface area contributed by atoms with Crippen molar-refractivity contribution in [3.8, 4) is 5.82 Å². The smallest absolute Gasteiger partial charge is 0.266 e. The maximum Gasteiger partial charge on any atom is 0.266 e. The van der Waals surface area contributed by atoms with Gasteiger partial charge in [0.05, 0.1) is 12.2 Å². The van der Waals surface area contributed by atoms with Gasteiger partial charge in [-0.05, 0) is 25.0 Å². The summed E-state index contributed by atoms with van der Waals surface area (Å²) < 4.78 is 5.54. The summed E-state index contributed by atoms with van der Waals surface area (Å²) in [5.74, 6) is 1.91. The second-order valence-corrected chi connectivity index (χ2v) is 8.12. The van der Waals surface area contributed by atoms with Crippen molar-refractivity contribution in [1.82, 2.24) is 38.9 Å². The van der Waals surface area contributed by atoms with Crippen LogP contribution in [-0.2, 0) is 26.1 Å². The summed E-state index contributed by atoms with van der Waals surface area (Å²) in [6.07, 6.45) is 9.42. The number of aryl methyl sites for hydroxylation is 2. The van der Waals surface area contributed by atoms with Crippen molar-refractivity contribution in [2.75, 3.05) is 32.7 Å². The highest BCUT2D eigenvalue weighted by Crippen LogP contribution is 2.16. The number of imidazole rings is 1. The summed E-state index contributed by atoms with van der Waals surface area (Å²) in [5, 5.41) is 8.65. The van der Waals surface area contributed by atoms with Crippen LogP contribution in [0.15, 0.2) is 41.6 Å². The van der Waals surface area contributed by atoms with Gasteiger partial charge in [0.15, 0.2) is 5.82 Å². The molecule has 30 heavy (non-hydrogen) atoms. The molecule has 5 rings (SSSR count). The van der Waals surface area contributed by atoms with E-state index in [0.29, 0.717) is 12.4 Å². The molecule has 0 N–H and O–H groups in total. The molecule has 3 aromatic heterocycles. The van der Waals surface area contributed by atoms with Crippen LogP contribution < -0.4 is 5.56 Å². The van der Waals surface area contributed by atoms with Crippen LogP contribution in [0.2, 0.25) is 0 Å². The fourth-order valence-corrected chi connectivity index (χ4v) is 4.31. The Morgan fingerprint density at radius 3 is 2.63 bits per heavy atom. The van der Waals surface area contributed by atoms with Crippen molar-refractivity contribution in [2.24, 2.45) is 0 Å². The lowest BCUT2D eigenvalue weighted by Crippen LogP contribution is -2.47. The van der Waals surface area contributed by atoms with E-state index < -0.39 is 0 Å². The van der Waals surface area contributed by atoms with E-state index in [0.717, 1.165) is 52.2 Å². The molecule has 5 heterocycles. The number of hydrogen-bond donors (Lipinski definition) is 0. The number of hydrogen-bond acceptors (Lipinski definition) is 6. The van der Waals surface area contributed by atoms with Gasteiger partial charge in [0.1, 0.15) is 5.82 Å². The topological polar surface area (TPSA) is 77.0 Å². The molecule has 0 spiro atoms. The summed E-state index contributed by atoms with van der Waals surface area (Å²) in [6, 6.07) is 5.11. The highest BCUT2D eigenvalue weighted by atomic mass is 16.1. The molecule has 1 saturated heterocycles. The molecule has 9 heteroatoms. The molecule has 3 aromatic rings. The SMILES string of the molecule is O=c1ccc(-n2cccn2)nn1CCN1CCN(Cc2cn3c(n2)CCCC3)CC1. The third-order valence-corrected chi connectivity index (χ3v) is 6.03. The summed E-state index contributed by atoms with van der Waals surface area (Å²) in [7, 11) is 0. The first kappa shape index (κ1) is 19.2. The van der Waals surface area contributed by atoms with Gasteiger partial charge in [0.25, 0.3) is 5.56 Å². The number of rotatable bonds is 6. The molecule has 0 aliphatic carbocycles. The van der Waals surface area contributed by atoms with Crippen molar-refractivity contribution >= 4 is 0 Å². The van der Waals surface area contributed by atoms with E-state index >= 15 is 0 Å². The number of fused-ring (bicyclic) bond motifs is 1. The average Bonchev–Trinajstić information content (AvgIpc) is 3.44. The zero-order chi connectivity index (χ0) is 20.3. The predicted molar refractivity (Wildman–Crippen MR) is 113 cm³/mol. The van der Waals surface area contributed by atoms with Crippen LogP contribution in [0.3, 0.4) is 0 Å². The number of aromatic nitrogens is 6. The van der Waals surface area contributed by atoms with Crippen LogP contribution >= 0.6 is 0 Å². The molecule has 0 aromatic carbocycles. The maximum atomic E-state index is 12.2. The molecule has 0 amide bonds. The Kier molecular flexibility index (Phi) is 5.46. The van der Waals surface area contributed by atoms with Crippen LogP contribution in [0.5, 0.6) is 0 Å². The second-order valence-electron chi connectivity index (χ2n) is 8.12. The van der Waals surface area contributed by atoms with Gasteiger partial charge < -0.3 is 4.57 Å². The predicted octanol–water partition coefficient (Wildman–Crippen LogP) is 0.780. The van der Waals surface area contributed by atoms with Crippen molar-refractivity contribution < 1.29 is 0 Å². The van der Waals surface area contributed by atoms with Crippen molar-refractivity contribution in [2.45, 2.75) is 38.9 Å². The molecule has 2 aliphatic rings. The van der Waals surface area contributed by atoms with Gasteiger partial charge >= 0.3 is 0 Å². The Labute approximate surface area is 175 Å². The molecule has 0 bridgehead atoms. The summed E-state index contributed by atoms with van der Waals surface area (Å²) >= 11 is 0. The van der Waals surface area contributed by atoms with Gasteiger partial charge in [-0.3, -0.25) is 14.6 Å². The van der Waals surface area contributed by atoms with Crippen LogP contribution in [0.1, 0.15) is 24.4 Å². The second kappa shape index (κ2) is 8.53. The normalized spacial score (nSPS) is 17.9.